The SMILES string of the molecule is Cc1ccc2c3ccc4c5c3n(c2c1)-c1cccc2c1B5c1c(cccc1C4(C)C)C2(C)C. The van der Waals surface area contributed by atoms with Crippen LogP contribution in [0.3, 0.4) is 0 Å². The highest BCUT2D eigenvalue weighted by Gasteiger charge is 2.51. The summed E-state index contributed by atoms with van der Waals surface area (Å²) in [6, 6.07) is 25.9. The number of aromatic nitrogens is 1. The maximum atomic E-state index is 2.59. The Morgan fingerprint density at radius 2 is 1.24 bits per heavy atom. The Morgan fingerprint density at radius 3 is 1.97 bits per heavy atom. The highest BCUT2D eigenvalue weighted by atomic mass is 15.0. The summed E-state index contributed by atoms with van der Waals surface area (Å²) in [6.07, 6.45) is 0. The Labute approximate surface area is 195 Å². The number of fused-ring (bicyclic) bond motifs is 4. The third kappa shape index (κ3) is 1.80. The van der Waals surface area contributed by atoms with Gasteiger partial charge in [0.1, 0.15) is 0 Å². The molecule has 0 atom stereocenters. The summed E-state index contributed by atoms with van der Waals surface area (Å²) in [6.45, 7) is 12.2. The molecule has 5 aromatic rings. The molecule has 0 fully saturated rings. The Kier molecular flexibility index (Phi) is 2.91. The lowest BCUT2D eigenvalue weighted by Gasteiger charge is -2.48. The van der Waals surface area contributed by atoms with Crippen molar-refractivity contribution in [1.82, 2.24) is 4.57 Å². The molecule has 0 amide bonds. The van der Waals surface area contributed by atoms with Crippen molar-refractivity contribution in [2.24, 2.45) is 0 Å². The van der Waals surface area contributed by atoms with Gasteiger partial charge in [0.2, 0.25) is 6.71 Å². The van der Waals surface area contributed by atoms with E-state index in [9.17, 15) is 0 Å². The highest BCUT2D eigenvalue weighted by Crippen LogP contribution is 2.45. The summed E-state index contributed by atoms with van der Waals surface area (Å²) in [5, 5.41) is 2.76. The van der Waals surface area contributed by atoms with E-state index in [0.717, 1.165) is 0 Å². The number of hydrogen-bond acceptors (Lipinski definition) is 0. The summed E-state index contributed by atoms with van der Waals surface area (Å²) in [7, 11) is 0. The molecule has 0 saturated heterocycles. The first-order chi connectivity index (χ1) is 15.8. The van der Waals surface area contributed by atoms with Crippen LogP contribution in [0.2, 0.25) is 0 Å². The lowest BCUT2D eigenvalue weighted by molar-refractivity contribution is 0.621. The first-order valence-electron chi connectivity index (χ1n) is 12.2. The van der Waals surface area contributed by atoms with Crippen LogP contribution in [0.15, 0.2) is 66.7 Å². The van der Waals surface area contributed by atoms with Crippen LogP contribution in [0.1, 0.15) is 55.5 Å². The molecule has 0 unspecified atom stereocenters. The van der Waals surface area contributed by atoms with Crippen LogP contribution in [-0.2, 0) is 10.8 Å². The van der Waals surface area contributed by atoms with Crippen molar-refractivity contribution in [3.8, 4) is 5.69 Å². The minimum Gasteiger partial charge on any atom is -0.310 e. The van der Waals surface area contributed by atoms with Gasteiger partial charge in [-0.15, -0.1) is 0 Å². The Hall–Kier alpha value is -3.26. The molecule has 158 valence electrons. The highest BCUT2D eigenvalue weighted by molar-refractivity contribution is 7.00. The largest absolute Gasteiger partial charge is 0.310 e. The summed E-state index contributed by atoms with van der Waals surface area (Å²) in [5.74, 6) is 0. The molecule has 0 bridgehead atoms. The zero-order valence-electron chi connectivity index (χ0n) is 19.9. The van der Waals surface area contributed by atoms with Gasteiger partial charge in [-0.2, -0.15) is 0 Å². The lowest BCUT2D eigenvalue weighted by atomic mass is 9.26. The van der Waals surface area contributed by atoms with E-state index in [-0.39, 0.29) is 10.8 Å². The molecule has 1 aromatic heterocycles. The van der Waals surface area contributed by atoms with E-state index in [0.29, 0.717) is 6.71 Å². The minimum absolute atomic E-state index is 0.0228. The van der Waals surface area contributed by atoms with Gasteiger partial charge in [0.25, 0.3) is 0 Å². The lowest BCUT2D eigenvalue weighted by Crippen LogP contribution is -2.68. The van der Waals surface area contributed by atoms with Crippen LogP contribution in [-0.4, -0.2) is 11.3 Å². The van der Waals surface area contributed by atoms with Gasteiger partial charge in [-0.1, -0.05) is 87.8 Å². The van der Waals surface area contributed by atoms with E-state index < -0.39 is 0 Å². The van der Waals surface area contributed by atoms with E-state index in [1.54, 1.807) is 10.9 Å². The van der Waals surface area contributed by atoms with Crippen molar-refractivity contribution < 1.29 is 0 Å². The van der Waals surface area contributed by atoms with Crippen molar-refractivity contribution in [2.45, 2.75) is 45.4 Å². The fourth-order valence-electron chi connectivity index (χ4n) is 7.61. The van der Waals surface area contributed by atoms with Crippen molar-refractivity contribution in [2.75, 3.05) is 0 Å². The summed E-state index contributed by atoms with van der Waals surface area (Å²) >= 11 is 0. The molecular weight excluding hydrogens is 397 g/mol. The first kappa shape index (κ1) is 18.2. The predicted octanol–water partition coefficient (Wildman–Crippen LogP) is 5.20. The van der Waals surface area contributed by atoms with Crippen LogP contribution >= 0.6 is 0 Å². The number of nitrogens with zero attached hydrogens (tertiary/aromatic N) is 1. The third-order valence-corrected chi connectivity index (χ3v) is 9.11. The molecule has 3 aliphatic heterocycles. The van der Waals surface area contributed by atoms with E-state index >= 15 is 0 Å². The number of benzene rings is 4. The fourth-order valence-corrected chi connectivity index (χ4v) is 7.61. The monoisotopic (exact) mass is 423 g/mol. The molecule has 8 rings (SSSR count). The van der Waals surface area contributed by atoms with E-state index in [2.05, 4.69) is 106 Å². The van der Waals surface area contributed by atoms with Crippen LogP contribution < -0.4 is 16.4 Å². The van der Waals surface area contributed by atoms with Gasteiger partial charge < -0.3 is 4.57 Å². The van der Waals surface area contributed by atoms with Gasteiger partial charge in [0.05, 0.1) is 5.52 Å². The normalized spacial score (nSPS) is 17.7. The molecule has 4 heterocycles. The molecule has 0 saturated carbocycles. The quantitative estimate of drug-likeness (QED) is 0.296. The third-order valence-electron chi connectivity index (χ3n) is 9.11. The molecule has 4 aromatic carbocycles. The van der Waals surface area contributed by atoms with Crippen molar-refractivity contribution >= 4 is 44.9 Å². The second kappa shape index (κ2) is 5.28. The second-order valence-electron chi connectivity index (χ2n) is 11.5. The summed E-state index contributed by atoms with van der Waals surface area (Å²) in [5.41, 5.74) is 16.0. The molecular formula is C31H26BN. The predicted molar refractivity (Wildman–Crippen MR) is 141 cm³/mol. The zero-order chi connectivity index (χ0) is 22.4. The van der Waals surface area contributed by atoms with E-state index in [1.807, 2.05) is 0 Å². The molecule has 0 N–H and O–H groups in total. The fraction of sp³-hybridized carbons (Fsp3) is 0.226. The first-order valence-corrected chi connectivity index (χ1v) is 12.2. The van der Waals surface area contributed by atoms with Crippen molar-refractivity contribution in [3.63, 3.8) is 0 Å². The molecule has 3 aliphatic rings. The minimum atomic E-state index is -0.0254. The molecule has 1 nitrogen and oxygen atoms in total. The molecule has 33 heavy (non-hydrogen) atoms. The number of rotatable bonds is 0. The molecule has 2 heteroatoms. The van der Waals surface area contributed by atoms with Gasteiger partial charge in [0, 0.05) is 32.8 Å². The standard InChI is InChI=1S/C31H26BN/c1-17-12-13-18-19-14-15-23-28-29(19)33(25(18)16-17)24-11-7-10-22-27(24)32(28)26-20(30(22,2)3)8-6-9-21(26)31(23,4)5/h6-16H,1-5H3. The Bertz CT molecular complexity index is 1720. The van der Waals surface area contributed by atoms with E-state index in [4.69, 9.17) is 0 Å². The molecule has 0 radical (unpaired) electrons. The van der Waals surface area contributed by atoms with Gasteiger partial charge in [-0.25, -0.2) is 0 Å². The van der Waals surface area contributed by atoms with Crippen LogP contribution in [0.5, 0.6) is 0 Å². The van der Waals surface area contributed by atoms with Crippen molar-refractivity contribution in [1.29, 1.82) is 0 Å². The van der Waals surface area contributed by atoms with Gasteiger partial charge in [-0.3, -0.25) is 0 Å². The van der Waals surface area contributed by atoms with Gasteiger partial charge in [0.15, 0.2) is 0 Å². The van der Waals surface area contributed by atoms with Crippen LogP contribution in [0.4, 0.5) is 0 Å². The molecule has 0 aliphatic carbocycles. The number of hydrogen-bond donors (Lipinski definition) is 0. The van der Waals surface area contributed by atoms with Gasteiger partial charge in [-0.05, 0) is 57.8 Å². The summed E-state index contributed by atoms with van der Waals surface area (Å²) < 4.78 is 2.59. The van der Waals surface area contributed by atoms with Gasteiger partial charge >= 0.3 is 0 Å². The average molecular weight is 423 g/mol. The average Bonchev–Trinajstić information content (AvgIpc) is 3.12. The Balaban J connectivity index is 1.72. The topological polar surface area (TPSA) is 4.93 Å². The smallest absolute Gasteiger partial charge is 0.248 e. The zero-order valence-corrected chi connectivity index (χ0v) is 19.9. The maximum Gasteiger partial charge on any atom is 0.248 e. The summed E-state index contributed by atoms with van der Waals surface area (Å²) in [4.78, 5) is 0. The van der Waals surface area contributed by atoms with Crippen LogP contribution in [0.25, 0.3) is 27.5 Å². The van der Waals surface area contributed by atoms with Crippen molar-refractivity contribution in [3.05, 3.63) is 94.5 Å². The maximum absolute atomic E-state index is 2.59. The Morgan fingerprint density at radius 1 is 0.636 bits per heavy atom. The van der Waals surface area contributed by atoms with E-state index in [1.165, 1.54) is 60.8 Å². The van der Waals surface area contributed by atoms with Crippen LogP contribution in [0, 0.1) is 6.92 Å². The molecule has 0 spiro atoms. The second-order valence-corrected chi connectivity index (χ2v) is 11.5. The number of aryl methyl sites for hydroxylation is 1.